The van der Waals surface area contributed by atoms with Gasteiger partial charge in [-0.05, 0) is 11.5 Å². The zero-order valence-electron chi connectivity index (χ0n) is 23.0. The molecule has 0 saturated carbocycles. The number of rotatable bonds is 28. The Bertz CT molecular complexity index is 505. The third-order valence-electron chi connectivity index (χ3n) is 4.02. The van der Waals surface area contributed by atoms with Crippen LogP contribution in [0.5, 0.6) is 0 Å². The van der Waals surface area contributed by atoms with E-state index < -0.39 is 0 Å². The lowest BCUT2D eigenvalue weighted by Crippen LogP contribution is -2.12. The van der Waals surface area contributed by atoms with Gasteiger partial charge in [0, 0.05) is 38.6 Å². The highest BCUT2D eigenvalue weighted by Crippen LogP contribution is 2.05. The maximum absolute atomic E-state index is 11.1. The number of methoxy groups -OCH3 is 2. The molecule has 0 rings (SSSR count). The van der Waals surface area contributed by atoms with E-state index in [1.165, 1.54) is 11.8 Å². The number of carbonyl (C=O) groups is 1. The molecule has 230 valence electrons. The van der Waals surface area contributed by atoms with Crippen LogP contribution in [0.2, 0.25) is 0 Å². The number of thioether (sulfide) groups is 1. The first-order chi connectivity index (χ1) is 18.6. The molecular formula is C24H50O10S4. The van der Waals surface area contributed by atoms with Crippen molar-refractivity contribution in [3.05, 3.63) is 0 Å². The fourth-order valence-electron chi connectivity index (χ4n) is 2.16. The molecule has 14 heteroatoms. The first-order valence-electron chi connectivity index (χ1n) is 12.7. The van der Waals surface area contributed by atoms with Crippen molar-refractivity contribution in [2.24, 2.45) is 0 Å². The Hall–Kier alpha value is 0.580. The summed E-state index contributed by atoms with van der Waals surface area (Å²) < 4.78 is 41.5. The number of hydrogen-bond acceptors (Lipinski definition) is 12. The zero-order chi connectivity index (χ0) is 28.4. The molecule has 0 spiro atoms. The molecule has 0 amide bonds. The monoisotopic (exact) mass is 626 g/mol. The van der Waals surface area contributed by atoms with Crippen LogP contribution >= 0.6 is 48.4 Å². The van der Waals surface area contributed by atoms with Gasteiger partial charge in [-0.1, -0.05) is 11.8 Å². The first kappa shape index (κ1) is 40.7. The lowest BCUT2D eigenvalue weighted by molar-refractivity contribution is -0.110. The maximum Gasteiger partial charge on any atom is 0.189 e. The number of carbonyl (C=O) groups excluding carboxylic acids is 1. The largest absolute Gasteiger partial charge is 0.382 e. The van der Waals surface area contributed by atoms with E-state index in [1.807, 2.05) is 0 Å². The van der Waals surface area contributed by atoms with Crippen molar-refractivity contribution < 1.29 is 47.8 Å². The average Bonchev–Trinajstić information content (AvgIpc) is 2.90. The van der Waals surface area contributed by atoms with Gasteiger partial charge in [0.15, 0.2) is 5.12 Å². The van der Waals surface area contributed by atoms with Gasteiger partial charge in [-0.2, -0.15) is 36.6 Å². The highest BCUT2D eigenvalue weighted by Gasteiger charge is 2.00. The minimum atomic E-state index is 0.169. The smallest absolute Gasteiger partial charge is 0.189 e. The summed E-state index contributed by atoms with van der Waals surface area (Å²) in [5, 5.41) is 10.0. The predicted octanol–water partition coefficient (Wildman–Crippen LogP) is 2.42. The Kier molecular flexibility index (Phi) is 40.3. The second-order valence-electron chi connectivity index (χ2n) is 7.13. The predicted molar refractivity (Wildman–Crippen MR) is 165 cm³/mol. The maximum atomic E-state index is 11.1. The van der Waals surface area contributed by atoms with E-state index in [4.69, 9.17) is 37.9 Å². The van der Waals surface area contributed by atoms with Gasteiger partial charge in [0.1, 0.15) is 0 Å². The SMILES string of the molecule is COCCOCCOCCOCCSC(=O)CCS.COCCOCCOCCOCC[SH]=C(O)CCS. The van der Waals surface area contributed by atoms with Crippen LogP contribution in [0.4, 0.5) is 0 Å². The van der Waals surface area contributed by atoms with Crippen LogP contribution in [-0.2, 0) is 42.7 Å². The molecule has 0 unspecified atom stereocenters. The fourth-order valence-corrected chi connectivity index (χ4v) is 4.33. The van der Waals surface area contributed by atoms with E-state index >= 15 is 0 Å². The van der Waals surface area contributed by atoms with Gasteiger partial charge in [0.2, 0.25) is 0 Å². The Morgan fingerprint density at radius 1 is 0.632 bits per heavy atom. The molecule has 0 aromatic rings. The third kappa shape index (κ3) is 38.7. The van der Waals surface area contributed by atoms with Crippen molar-refractivity contribution in [2.75, 3.05) is 130 Å². The molecule has 10 nitrogen and oxygen atoms in total. The summed E-state index contributed by atoms with van der Waals surface area (Å²) in [4.78, 5) is 11.1. The van der Waals surface area contributed by atoms with Gasteiger partial charge in [0.05, 0.1) is 97.5 Å². The van der Waals surface area contributed by atoms with Gasteiger partial charge >= 0.3 is 0 Å². The standard InChI is InChI=1S/C12H26O5S2.C12H24O5S2/c2*1-14-3-4-15-5-6-16-7-8-17-9-11-19-12(13)2-10-18/h13,18-19H,2-11H2,1H3;18H,2-11H2,1H3. The summed E-state index contributed by atoms with van der Waals surface area (Å²) in [6.45, 7) is 8.10. The molecule has 0 bridgehead atoms. The highest BCUT2D eigenvalue weighted by molar-refractivity contribution is 8.13. The van der Waals surface area contributed by atoms with E-state index in [2.05, 4.69) is 25.3 Å². The zero-order valence-corrected chi connectivity index (χ0v) is 26.5. The van der Waals surface area contributed by atoms with E-state index in [9.17, 15) is 9.90 Å². The summed E-state index contributed by atoms with van der Waals surface area (Å²) in [6.07, 6.45) is 1.16. The van der Waals surface area contributed by atoms with E-state index in [1.54, 1.807) is 14.2 Å². The van der Waals surface area contributed by atoms with E-state index in [0.717, 1.165) is 17.1 Å². The molecule has 0 aromatic heterocycles. The number of ether oxygens (including phenoxy) is 8. The summed E-state index contributed by atoms with van der Waals surface area (Å²) in [6, 6.07) is 0. The number of thiol groups is 3. The molecule has 38 heavy (non-hydrogen) atoms. The van der Waals surface area contributed by atoms with Gasteiger partial charge in [0.25, 0.3) is 0 Å². The Morgan fingerprint density at radius 2 is 1.03 bits per heavy atom. The summed E-state index contributed by atoms with van der Waals surface area (Å²) >= 11 is 10.3. The summed E-state index contributed by atoms with van der Waals surface area (Å²) in [7, 11) is 3.29. The highest BCUT2D eigenvalue weighted by atomic mass is 32.2. The molecule has 0 aromatic carbocycles. The lowest BCUT2D eigenvalue weighted by Gasteiger charge is -2.06. The molecule has 0 atom stereocenters. The van der Waals surface area contributed by atoms with Crippen LogP contribution in [-0.4, -0.2) is 145 Å². The number of aliphatic hydroxyl groups excluding tert-OH is 1. The normalized spacial score (nSPS) is 11.7. The van der Waals surface area contributed by atoms with Crippen molar-refractivity contribution in [3.63, 3.8) is 0 Å². The molecule has 0 aliphatic heterocycles. The minimum Gasteiger partial charge on any atom is -0.382 e. The Morgan fingerprint density at radius 3 is 1.45 bits per heavy atom. The fraction of sp³-hybridized carbons (Fsp3) is 0.917. The molecule has 0 saturated heterocycles. The second kappa shape index (κ2) is 37.6. The van der Waals surface area contributed by atoms with Gasteiger partial charge in [-0.3, -0.25) is 4.79 Å². The van der Waals surface area contributed by atoms with Crippen molar-refractivity contribution >= 4 is 58.5 Å². The average molecular weight is 627 g/mol. The van der Waals surface area contributed by atoms with E-state index in [0.29, 0.717) is 128 Å². The quantitative estimate of drug-likeness (QED) is 0.0584. The molecule has 0 aliphatic rings. The topological polar surface area (TPSA) is 111 Å². The van der Waals surface area contributed by atoms with Crippen LogP contribution in [0.3, 0.4) is 0 Å². The van der Waals surface area contributed by atoms with Crippen molar-refractivity contribution in [3.8, 4) is 0 Å². The molecule has 1 N–H and O–H groups in total. The molecule has 0 heterocycles. The van der Waals surface area contributed by atoms with Crippen molar-refractivity contribution in [1.82, 2.24) is 0 Å². The van der Waals surface area contributed by atoms with Crippen molar-refractivity contribution in [1.29, 1.82) is 0 Å². The second-order valence-corrected chi connectivity index (χ2v) is 10.5. The number of hydrogen-bond donors (Lipinski definition) is 4. The van der Waals surface area contributed by atoms with Crippen LogP contribution in [0.15, 0.2) is 0 Å². The summed E-state index contributed by atoms with van der Waals surface area (Å²) in [5.41, 5.74) is 0. The third-order valence-corrected chi connectivity index (χ3v) is 6.36. The Balaban J connectivity index is 0. The van der Waals surface area contributed by atoms with E-state index in [-0.39, 0.29) is 5.12 Å². The van der Waals surface area contributed by atoms with Crippen LogP contribution in [0, 0.1) is 0 Å². The van der Waals surface area contributed by atoms with Gasteiger partial charge < -0.3 is 43.0 Å². The molecular weight excluding hydrogens is 577 g/mol. The van der Waals surface area contributed by atoms with Crippen LogP contribution < -0.4 is 0 Å². The van der Waals surface area contributed by atoms with Crippen molar-refractivity contribution in [2.45, 2.75) is 12.8 Å². The van der Waals surface area contributed by atoms with Crippen LogP contribution in [0.1, 0.15) is 12.8 Å². The number of aliphatic hydroxyl groups is 1. The molecule has 0 fully saturated rings. The lowest BCUT2D eigenvalue weighted by atomic mass is 10.5. The molecule has 0 aliphatic carbocycles. The Labute approximate surface area is 248 Å². The van der Waals surface area contributed by atoms with Gasteiger partial charge in [-0.25, -0.2) is 0 Å². The molecule has 0 radical (unpaired) electrons. The summed E-state index contributed by atoms with van der Waals surface area (Å²) in [5.74, 6) is 2.78. The first-order valence-corrected chi connectivity index (χ1v) is 16.0. The minimum absolute atomic E-state index is 0.169. The van der Waals surface area contributed by atoms with Crippen LogP contribution in [0.25, 0.3) is 0 Å². The van der Waals surface area contributed by atoms with Gasteiger partial charge in [-0.15, -0.1) is 0 Å².